The highest BCUT2D eigenvalue weighted by Crippen LogP contribution is 2.15. The topological polar surface area (TPSA) is 111 Å². The van der Waals surface area contributed by atoms with Crippen LogP contribution < -0.4 is 16.8 Å². The van der Waals surface area contributed by atoms with Crippen molar-refractivity contribution in [2.75, 3.05) is 12.3 Å². The van der Waals surface area contributed by atoms with Crippen molar-refractivity contribution in [3.05, 3.63) is 22.3 Å². The van der Waals surface area contributed by atoms with Crippen LogP contribution in [0.3, 0.4) is 0 Å². The Labute approximate surface area is 107 Å². The van der Waals surface area contributed by atoms with Crippen molar-refractivity contribution in [1.29, 1.82) is 0 Å². The number of carbonyl (C=O) groups excluding carboxylic acids is 2. The summed E-state index contributed by atoms with van der Waals surface area (Å²) >= 11 is 3.21. The number of carbonyl (C=O) groups is 2. The minimum Gasteiger partial charge on any atom is -0.383 e. The molecule has 17 heavy (non-hydrogen) atoms. The fraction of sp³-hybridized carbons (Fsp3) is 0.300. The average Bonchev–Trinajstić information content (AvgIpc) is 2.27. The van der Waals surface area contributed by atoms with E-state index in [2.05, 4.69) is 26.2 Å². The molecule has 5 N–H and O–H groups in total. The molecule has 0 aromatic carbocycles. The molecule has 92 valence electrons. The molecule has 0 saturated heterocycles. The Morgan fingerprint density at radius 2 is 2.18 bits per heavy atom. The molecule has 1 aromatic rings. The lowest BCUT2D eigenvalue weighted by Gasteiger charge is -2.06. The molecule has 0 fully saturated rings. The number of nitrogens with one attached hydrogen (secondary N) is 1. The first-order valence-corrected chi connectivity index (χ1v) is 5.77. The monoisotopic (exact) mass is 300 g/mol. The van der Waals surface area contributed by atoms with Gasteiger partial charge >= 0.3 is 0 Å². The number of nitrogens with zero attached hydrogens (tertiary/aromatic N) is 1. The Bertz CT molecular complexity index is 436. The number of nitrogens with two attached hydrogens (primary N) is 2. The lowest BCUT2D eigenvalue weighted by molar-refractivity contribution is -0.118. The molecule has 0 unspecified atom stereocenters. The molecule has 0 aliphatic rings. The normalized spacial score (nSPS) is 9.94. The molecule has 0 atom stereocenters. The zero-order valence-corrected chi connectivity index (χ0v) is 10.7. The molecule has 2 amide bonds. The minimum absolute atomic E-state index is 0.167. The third-order valence-corrected chi connectivity index (χ3v) is 2.45. The van der Waals surface area contributed by atoms with Crippen molar-refractivity contribution in [3.8, 4) is 0 Å². The average molecular weight is 301 g/mol. The standard InChI is InChI=1S/C10H13BrN4O2/c11-6-4-7(9(13)15-5-6)10(17)14-3-1-2-8(12)16/h4-5H,1-3H2,(H2,12,16)(H2,13,15)(H,14,17). The van der Waals surface area contributed by atoms with E-state index < -0.39 is 0 Å². The van der Waals surface area contributed by atoms with Gasteiger partial charge < -0.3 is 16.8 Å². The maximum absolute atomic E-state index is 11.7. The Morgan fingerprint density at radius 1 is 1.47 bits per heavy atom. The van der Waals surface area contributed by atoms with Crippen molar-refractivity contribution >= 4 is 33.6 Å². The van der Waals surface area contributed by atoms with E-state index in [0.29, 0.717) is 23.0 Å². The van der Waals surface area contributed by atoms with Crippen LogP contribution in [0.1, 0.15) is 23.2 Å². The maximum Gasteiger partial charge on any atom is 0.255 e. The van der Waals surface area contributed by atoms with E-state index in [0.717, 1.165) is 0 Å². The zero-order valence-electron chi connectivity index (χ0n) is 9.07. The molecule has 0 aliphatic heterocycles. The number of hydrogen-bond acceptors (Lipinski definition) is 4. The number of pyridine rings is 1. The second-order valence-electron chi connectivity index (χ2n) is 3.41. The second-order valence-corrected chi connectivity index (χ2v) is 4.33. The summed E-state index contributed by atoms with van der Waals surface area (Å²) < 4.78 is 0.675. The van der Waals surface area contributed by atoms with Gasteiger partial charge in [-0.3, -0.25) is 9.59 Å². The smallest absolute Gasteiger partial charge is 0.255 e. The summed E-state index contributed by atoms with van der Waals surface area (Å²) in [6, 6.07) is 1.59. The Balaban J connectivity index is 2.52. The van der Waals surface area contributed by atoms with Crippen LogP contribution in [0.25, 0.3) is 0 Å². The predicted molar refractivity (Wildman–Crippen MR) is 67.1 cm³/mol. The van der Waals surface area contributed by atoms with Gasteiger partial charge in [0.15, 0.2) is 0 Å². The van der Waals surface area contributed by atoms with Gasteiger partial charge in [-0.15, -0.1) is 0 Å². The predicted octanol–water partition coefficient (Wildman–Crippen LogP) is 0.422. The molecule has 1 heterocycles. The summed E-state index contributed by atoms with van der Waals surface area (Å²) in [4.78, 5) is 26.0. The van der Waals surface area contributed by atoms with Crippen molar-refractivity contribution in [2.45, 2.75) is 12.8 Å². The first-order chi connectivity index (χ1) is 8.00. The van der Waals surface area contributed by atoms with E-state index in [9.17, 15) is 9.59 Å². The molecular formula is C10H13BrN4O2. The SMILES string of the molecule is NC(=O)CCCNC(=O)c1cc(Br)cnc1N. The lowest BCUT2D eigenvalue weighted by atomic mass is 10.2. The van der Waals surface area contributed by atoms with Crippen LogP contribution >= 0.6 is 15.9 Å². The summed E-state index contributed by atoms with van der Waals surface area (Å²) in [6.45, 7) is 0.369. The summed E-state index contributed by atoms with van der Waals surface area (Å²) in [5.41, 5.74) is 10.9. The molecule has 0 bridgehead atoms. The van der Waals surface area contributed by atoms with Crippen LogP contribution in [0.4, 0.5) is 5.82 Å². The first-order valence-electron chi connectivity index (χ1n) is 4.98. The van der Waals surface area contributed by atoms with Gasteiger partial charge in [-0.25, -0.2) is 4.98 Å². The van der Waals surface area contributed by atoms with Crippen LogP contribution in [0.5, 0.6) is 0 Å². The van der Waals surface area contributed by atoms with Gasteiger partial charge in [0, 0.05) is 23.6 Å². The molecule has 6 nitrogen and oxygen atoms in total. The minimum atomic E-state index is -0.386. The van der Waals surface area contributed by atoms with Crippen LogP contribution in [0, 0.1) is 0 Å². The molecule has 0 spiro atoms. The van der Waals surface area contributed by atoms with Crippen molar-refractivity contribution in [2.24, 2.45) is 5.73 Å². The van der Waals surface area contributed by atoms with Gasteiger partial charge in [0.05, 0.1) is 5.56 Å². The van der Waals surface area contributed by atoms with E-state index in [4.69, 9.17) is 11.5 Å². The van der Waals surface area contributed by atoms with Gasteiger partial charge in [-0.05, 0) is 28.4 Å². The van der Waals surface area contributed by atoms with Crippen LogP contribution in [0.15, 0.2) is 16.7 Å². The highest BCUT2D eigenvalue weighted by molar-refractivity contribution is 9.10. The van der Waals surface area contributed by atoms with Crippen molar-refractivity contribution in [3.63, 3.8) is 0 Å². The van der Waals surface area contributed by atoms with Gasteiger partial charge in [0.1, 0.15) is 5.82 Å². The Kier molecular flexibility index (Phi) is 4.89. The van der Waals surface area contributed by atoms with E-state index in [-0.39, 0.29) is 24.1 Å². The van der Waals surface area contributed by atoms with E-state index in [1.54, 1.807) is 6.07 Å². The number of primary amides is 1. The maximum atomic E-state index is 11.7. The number of aromatic nitrogens is 1. The number of hydrogen-bond donors (Lipinski definition) is 3. The molecule has 7 heteroatoms. The van der Waals surface area contributed by atoms with E-state index >= 15 is 0 Å². The third-order valence-electron chi connectivity index (χ3n) is 2.02. The fourth-order valence-corrected chi connectivity index (χ4v) is 1.52. The van der Waals surface area contributed by atoms with Crippen LogP contribution in [-0.4, -0.2) is 23.3 Å². The molecular weight excluding hydrogens is 288 g/mol. The van der Waals surface area contributed by atoms with Crippen molar-refractivity contribution < 1.29 is 9.59 Å². The van der Waals surface area contributed by atoms with Crippen LogP contribution in [-0.2, 0) is 4.79 Å². The number of halogens is 1. The van der Waals surface area contributed by atoms with E-state index in [1.165, 1.54) is 6.20 Å². The van der Waals surface area contributed by atoms with E-state index in [1.807, 2.05) is 0 Å². The van der Waals surface area contributed by atoms with Gasteiger partial charge in [0.25, 0.3) is 5.91 Å². The first kappa shape index (κ1) is 13.4. The molecule has 0 radical (unpaired) electrons. The third kappa shape index (κ3) is 4.39. The second kappa shape index (κ2) is 6.19. The van der Waals surface area contributed by atoms with Crippen molar-refractivity contribution in [1.82, 2.24) is 10.3 Å². The molecule has 0 saturated carbocycles. The Morgan fingerprint density at radius 3 is 2.82 bits per heavy atom. The number of anilines is 1. The largest absolute Gasteiger partial charge is 0.383 e. The molecule has 1 aromatic heterocycles. The highest BCUT2D eigenvalue weighted by atomic mass is 79.9. The van der Waals surface area contributed by atoms with Gasteiger partial charge in [-0.2, -0.15) is 0 Å². The summed E-state index contributed by atoms with van der Waals surface area (Å²) in [5, 5.41) is 2.63. The van der Waals surface area contributed by atoms with Crippen LogP contribution in [0.2, 0.25) is 0 Å². The summed E-state index contributed by atoms with van der Waals surface area (Å²) in [5.74, 6) is -0.538. The lowest BCUT2D eigenvalue weighted by Crippen LogP contribution is -2.26. The Hall–Kier alpha value is -1.63. The van der Waals surface area contributed by atoms with Gasteiger partial charge in [-0.1, -0.05) is 0 Å². The van der Waals surface area contributed by atoms with Gasteiger partial charge in [0.2, 0.25) is 5.91 Å². The quantitative estimate of drug-likeness (QED) is 0.684. The number of rotatable bonds is 5. The summed E-state index contributed by atoms with van der Waals surface area (Å²) in [6.07, 6.45) is 2.26. The highest BCUT2D eigenvalue weighted by Gasteiger charge is 2.10. The number of nitrogen functional groups attached to an aromatic ring is 1. The molecule has 1 rings (SSSR count). The fourth-order valence-electron chi connectivity index (χ4n) is 1.19. The zero-order chi connectivity index (χ0) is 12.8. The summed E-state index contributed by atoms with van der Waals surface area (Å²) in [7, 11) is 0. The molecule has 0 aliphatic carbocycles. The number of amides is 2.